The molecule has 128 valence electrons. The van der Waals surface area contributed by atoms with Gasteiger partial charge in [0.05, 0.1) is 19.3 Å². The van der Waals surface area contributed by atoms with Crippen LogP contribution in [-0.2, 0) is 17.9 Å². The molecule has 24 heavy (non-hydrogen) atoms. The fraction of sp³-hybridized carbons (Fsp3) is 0.353. The summed E-state index contributed by atoms with van der Waals surface area (Å²) >= 11 is 0. The quantitative estimate of drug-likeness (QED) is 0.800. The van der Waals surface area contributed by atoms with Crippen LogP contribution in [0.4, 0.5) is 0 Å². The first-order chi connectivity index (χ1) is 11.5. The number of para-hydroxylation sites is 1. The highest BCUT2D eigenvalue weighted by atomic mass is 16.5. The second kappa shape index (κ2) is 8.14. The largest absolute Gasteiger partial charge is 0.496 e. The first kappa shape index (κ1) is 17.5. The summed E-state index contributed by atoms with van der Waals surface area (Å²) in [6.07, 6.45) is 0. The summed E-state index contributed by atoms with van der Waals surface area (Å²) in [5.74, 6) is 0.127. The van der Waals surface area contributed by atoms with Crippen LogP contribution in [0, 0.1) is 6.92 Å². The number of carbonyl (C=O) groups excluding carboxylic acids is 2. The van der Waals surface area contributed by atoms with Crippen molar-refractivity contribution >= 4 is 11.8 Å². The molecule has 1 heterocycles. The second-order valence-electron chi connectivity index (χ2n) is 5.26. The first-order valence-electron chi connectivity index (χ1n) is 7.76. The van der Waals surface area contributed by atoms with Crippen LogP contribution >= 0.6 is 0 Å². The number of ether oxygens (including phenoxy) is 1. The van der Waals surface area contributed by atoms with E-state index in [4.69, 9.17) is 4.74 Å². The number of nitrogens with one attached hydrogen (secondary N) is 2. The fourth-order valence-electron chi connectivity index (χ4n) is 2.33. The van der Waals surface area contributed by atoms with Crippen molar-refractivity contribution in [3.63, 3.8) is 0 Å². The Morgan fingerprint density at radius 3 is 2.71 bits per heavy atom. The average molecular weight is 330 g/mol. The van der Waals surface area contributed by atoms with E-state index < -0.39 is 0 Å². The molecule has 0 fully saturated rings. The summed E-state index contributed by atoms with van der Waals surface area (Å²) in [5, 5.41) is 9.58. The number of benzene rings is 1. The van der Waals surface area contributed by atoms with Crippen LogP contribution in [0.15, 0.2) is 30.3 Å². The second-order valence-corrected chi connectivity index (χ2v) is 5.26. The lowest BCUT2D eigenvalue weighted by atomic mass is 10.2. The minimum absolute atomic E-state index is 0.0953. The topological polar surface area (TPSA) is 85.2 Å². The van der Waals surface area contributed by atoms with Crippen LogP contribution < -0.4 is 15.4 Å². The molecule has 0 radical (unpaired) electrons. The van der Waals surface area contributed by atoms with Crippen molar-refractivity contribution in [3.05, 3.63) is 47.3 Å². The van der Waals surface area contributed by atoms with E-state index in [1.807, 2.05) is 38.1 Å². The van der Waals surface area contributed by atoms with Gasteiger partial charge < -0.3 is 15.4 Å². The number of hydrogen-bond acceptors (Lipinski definition) is 4. The standard InChI is InChI=1S/C17H22N4O3/c1-4-21-14(9-12(2)20-21)17(23)19-11-16(22)18-10-13-7-5-6-8-15(13)24-3/h5-9H,4,10-11H2,1-3H3,(H,18,22)(H,19,23). The van der Waals surface area contributed by atoms with E-state index in [0.717, 1.165) is 11.3 Å². The number of aryl methyl sites for hydroxylation is 2. The van der Waals surface area contributed by atoms with Gasteiger partial charge in [0.2, 0.25) is 5.91 Å². The molecular weight excluding hydrogens is 308 g/mol. The third-order valence-corrected chi connectivity index (χ3v) is 3.51. The van der Waals surface area contributed by atoms with Gasteiger partial charge in [-0.1, -0.05) is 18.2 Å². The van der Waals surface area contributed by atoms with Gasteiger partial charge in [-0.15, -0.1) is 0 Å². The molecule has 0 aliphatic heterocycles. The summed E-state index contributed by atoms with van der Waals surface area (Å²) in [6.45, 7) is 4.56. The Hall–Kier alpha value is -2.83. The van der Waals surface area contributed by atoms with Crippen molar-refractivity contribution in [1.29, 1.82) is 0 Å². The Labute approximate surface area is 141 Å². The zero-order valence-corrected chi connectivity index (χ0v) is 14.1. The highest BCUT2D eigenvalue weighted by Gasteiger charge is 2.14. The van der Waals surface area contributed by atoms with Crippen LogP contribution in [0.25, 0.3) is 0 Å². The van der Waals surface area contributed by atoms with Gasteiger partial charge in [-0.25, -0.2) is 0 Å². The summed E-state index contributed by atoms with van der Waals surface area (Å²) in [6, 6.07) is 9.15. The number of rotatable bonds is 7. The third kappa shape index (κ3) is 4.34. The lowest BCUT2D eigenvalue weighted by Gasteiger charge is -2.10. The number of carbonyl (C=O) groups is 2. The van der Waals surface area contributed by atoms with Gasteiger partial charge in [-0.3, -0.25) is 14.3 Å². The molecular formula is C17H22N4O3. The molecule has 0 spiro atoms. The Morgan fingerprint density at radius 1 is 1.25 bits per heavy atom. The summed E-state index contributed by atoms with van der Waals surface area (Å²) < 4.78 is 6.84. The van der Waals surface area contributed by atoms with Crippen molar-refractivity contribution in [1.82, 2.24) is 20.4 Å². The molecule has 2 rings (SSSR count). The van der Waals surface area contributed by atoms with Crippen LogP contribution in [0.3, 0.4) is 0 Å². The van der Waals surface area contributed by atoms with Crippen LogP contribution in [0.1, 0.15) is 28.7 Å². The fourth-order valence-corrected chi connectivity index (χ4v) is 2.33. The Bertz CT molecular complexity index is 724. The van der Waals surface area contributed by atoms with Gasteiger partial charge >= 0.3 is 0 Å². The van der Waals surface area contributed by atoms with E-state index in [1.54, 1.807) is 17.9 Å². The number of nitrogens with zero attached hydrogens (tertiary/aromatic N) is 2. The van der Waals surface area contributed by atoms with Gasteiger partial charge in [-0.05, 0) is 26.0 Å². The zero-order chi connectivity index (χ0) is 17.5. The van der Waals surface area contributed by atoms with Crippen molar-refractivity contribution < 1.29 is 14.3 Å². The van der Waals surface area contributed by atoms with Gasteiger partial charge in [0.25, 0.3) is 5.91 Å². The van der Waals surface area contributed by atoms with Crippen LogP contribution in [0.2, 0.25) is 0 Å². The number of amides is 2. The molecule has 2 amide bonds. The van der Waals surface area contributed by atoms with E-state index in [1.165, 1.54) is 0 Å². The molecule has 0 saturated heterocycles. The van der Waals surface area contributed by atoms with E-state index in [-0.39, 0.29) is 18.4 Å². The van der Waals surface area contributed by atoms with Gasteiger partial charge in [0.15, 0.2) is 0 Å². The molecule has 0 aliphatic carbocycles. The maximum atomic E-state index is 12.1. The highest BCUT2D eigenvalue weighted by molar-refractivity contribution is 5.95. The Kier molecular flexibility index (Phi) is 5.95. The minimum atomic E-state index is -0.315. The Morgan fingerprint density at radius 2 is 2.00 bits per heavy atom. The summed E-state index contributed by atoms with van der Waals surface area (Å²) in [7, 11) is 1.58. The van der Waals surface area contributed by atoms with Crippen LogP contribution in [-0.4, -0.2) is 35.2 Å². The van der Waals surface area contributed by atoms with Crippen molar-refractivity contribution in [3.8, 4) is 5.75 Å². The molecule has 2 aromatic rings. The van der Waals surface area contributed by atoms with E-state index in [0.29, 0.717) is 24.5 Å². The molecule has 7 heteroatoms. The molecule has 0 unspecified atom stereocenters. The maximum Gasteiger partial charge on any atom is 0.269 e. The Balaban J connectivity index is 1.85. The molecule has 1 aromatic heterocycles. The van der Waals surface area contributed by atoms with Crippen molar-refractivity contribution in [2.75, 3.05) is 13.7 Å². The van der Waals surface area contributed by atoms with E-state index in [9.17, 15) is 9.59 Å². The normalized spacial score (nSPS) is 10.3. The lowest BCUT2D eigenvalue weighted by Crippen LogP contribution is -2.37. The predicted octanol–water partition coefficient (Wildman–Crippen LogP) is 1.27. The van der Waals surface area contributed by atoms with Gasteiger partial charge in [0.1, 0.15) is 11.4 Å². The third-order valence-electron chi connectivity index (χ3n) is 3.51. The van der Waals surface area contributed by atoms with Crippen LogP contribution in [0.5, 0.6) is 5.75 Å². The molecule has 0 atom stereocenters. The van der Waals surface area contributed by atoms with E-state index >= 15 is 0 Å². The minimum Gasteiger partial charge on any atom is -0.496 e. The number of hydrogen-bond donors (Lipinski definition) is 2. The molecule has 0 bridgehead atoms. The van der Waals surface area contributed by atoms with Gasteiger partial charge in [0, 0.05) is 18.7 Å². The molecule has 2 N–H and O–H groups in total. The maximum absolute atomic E-state index is 12.1. The molecule has 0 aliphatic rings. The molecule has 1 aromatic carbocycles. The molecule has 0 saturated carbocycles. The number of methoxy groups -OCH3 is 1. The lowest BCUT2D eigenvalue weighted by molar-refractivity contribution is -0.120. The van der Waals surface area contributed by atoms with Crippen molar-refractivity contribution in [2.24, 2.45) is 0 Å². The highest BCUT2D eigenvalue weighted by Crippen LogP contribution is 2.16. The van der Waals surface area contributed by atoms with E-state index in [2.05, 4.69) is 15.7 Å². The first-order valence-corrected chi connectivity index (χ1v) is 7.76. The smallest absolute Gasteiger partial charge is 0.269 e. The van der Waals surface area contributed by atoms with Crippen molar-refractivity contribution in [2.45, 2.75) is 26.9 Å². The predicted molar refractivity (Wildman–Crippen MR) is 89.8 cm³/mol. The average Bonchev–Trinajstić information content (AvgIpc) is 2.99. The number of aromatic nitrogens is 2. The monoisotopic (exact) mass is 330 g/mol. The zero-order valence-electron chi connectivity index (χ0n) is 14.1. The summed E-state index contributed by atoms with van der Waals surface area (Å²) in [5.41, 5.74) is 2.09. The SMILES string of the molecule is CCn1nc(C)cc1C(=O)NCC(=O)NCc1ccccc1OC. The molecule has 7 nitrogen and oxygen atoms in total. The van der Waals surface area contributed by atoms with Gasteiger partial charge in [-0.2, -0.15) is 5.10 Å². The summed E-state index contributed by atoms with van der Waals surface area (Å²) in [4.78, 5) is 24.1.